The van der Waals surface area contributed by atoms with Gasteiger partial charge in [-0.1, -0.05) is 12.1 Å². The maximum atomic E-state index is 12.4. The predicted molar refractivity (Wildman–Crippen MR) is 50.2 cm³/mol. The molecule has 0 aliphatic carbocycles. The molecule has 2 nitrogen and oxygen atoms in total. The molecule has 0 amide bonds. The van der Waals surface area contributed by atoms with Gasteiger partial charge in [-0.15, -0.1) is 0 Å². The summed E-state index contributed by atoms with van der Waals surface area (Å²) in [5, 5.41) is 0.849. The predicted octanol–water partition coefficient (Wildman–Crippen LogP) is 2.37. The number of hydrogen-bond donors (Lipinski definition) is 0. The Balaban J connectivity index is 2.88. The molecule has 0 aliphatic heterocycles. The molecule has 0 fully saturated rings. The van der Waals surface area contributed by atoms with Gasteiger partial charge in [0.05, 0.1) is 0 Å². The molecule has 1 rings (SSSR count). The van der Waals surface area contributed by atoms with E-state index in [2.05, 4.69) is 0 Å². The zero-order valence-electron chi connectivity index (χ0n) is 6.44. The molecule has 0 aromatic heterocycles. The number of benzene rings is 1. The first-order valence-corrected chi connectivity index (χ1v) is 5.73. The topological polar surface area (TPSA) is 34.1 Å². The van der Waals surface area contributed by atoms with Crippen molar-refractivity contribution in [1.29, 1.82) is 0 Å². The van der Waals surface area contributed by atoms with Gasteiger partial charge in [0.1, 0.15) is 5.82 Å². The van der Waals surface area contributed by atoms with Crippen LogP contribution in [-0.2, 0) is 9.05 Å². The highest BCUT2D eigenvalue weighted by Crippen LogP contribution is 2.07. The van der Waals surface area contributed by atoms with Crippen molar-refractivity contribution in [3.05, 3.63) is 41.1 Å². The van der Waals surface area contributed by atoms with Gasteiger partial charge in [0, 0.05) is 16.1 Å². The Kier molecular flexibility index (Phi) is 3.06. The molecular weight excluding hydrogens is 215 g/mol. The smallest absolute Gasteiger partial charge is 0.208 e. The van der Waals surface area contributed by atoms with Gasteiger partial charge in [-0.3, -0.25) is 0 Å². The van der Waals surface area contributed by atoms with Gasteiger partial charge in [0.15, 0.2) is 0 Å². The molecule has 0 saturated heterocycles. The van der Waals surface area contributed by atoms with Crippen molar-refractivity contribution in [2.45, 2.75) is 0 Å². The minimum atomic E-state index is -3.63. The standard InChI is InChI=1S/C8H6ClFO2S/c9-13(11,12)6-5-7-1-3-8(10)4-2-7/h1-6H. The van der Waals surface area contributed by atoms with Gasteiger partial charge in [-0.05, 0) is 23.8 Å². The number of halogens is 2. The van der Waals surface area contributed by atoms with Crippen LogP contribution in [0.15, 0.2) is 29.7 Å². The summed E-state index contributed by atoms with van der Waals surface area (Å²) in [7, 11) is 1.29. The quantitative estimate of drug-likeness (QED) is 0.717. The van der Waals surface area contributed by atoms with Crippen molar-refractivity contribution in [2.24, 2.45) is 0 Å². The van der Waals surface area contributed by atoms with Crippen LogP contribution in [0.3, 0.4) is 0 Å². The average Bonchev–Trinajstić information content (AvgIpc) is 2.02. The molecule has 0 spiro atoms. The summed E-state index contributed by atoms with van der Waals surface area (Å²) >= 11 is 0. The van der Waals surface area contributed by atoms with Crippen molar-refractivity contribution in [3.8, 4) is 0 Å². The van der Waals surface area contributed by atoms with Gasteiger partial charge in [-0.25, -0.2) is 12.8 Å². The minimum Gasteiger partial charge on any atom is -0.208 e. The van der Waals surface area contributed by atoms with Crippen LogP contribution in [0.4, 0.5) is 4.39 Å². The van der Waals surface area contributed by atoms with Crippen molar-refractivity contribution in [2.75, 3.05) is 0 Å². The van der Waals surface area contributed by atoms with Gasteiger partial charge in [0.2, 0.25) is 0 Å². The molecule has 0 N–H and O–H groups in total. The van der Waals surface area contributed by atoms with Crippen LogP contribution in [0.1, 0.15) is 5.56 Å². The Hall–Kier alpha value is -0.870. The Morgan fingerprint density at radius 2 is 1.77 bits per heavy atom. The Morgan fingerprint density at radius 3 is 2.23 bits per heavy atom. The van der Waals surface area contributed by atoms with Crippen molar-refractivity contribution in [1.82, 2.24) is 0 Å². The third-order valence-electron chi connectivity index (χ3n) is 1.29. The summed E-state index contributed by atoms with van der Waals surface area (Å²) in [6, 6.07) is 5.38. The van der Waals surface area contributed by atoms with E-state index in [0.717, 1.165) is 5.41 Å². The second-order valence-electron chi connectivity index (χ2n) is 2.33. The Morgan fingerprint density at radius 1 is 1.23 bits per heavy atom. The molecule has 0 unspecified atom stereocenters. The fourth-order valence-corrected chi connectivity index (χ4v) is 1.21. The normalized spacial score (nSPS) is 12.2. The lowest BCUT2D eigenvalue weighted by Crippen LogP contribution is -1.80. The van der Waals surface area contributed by atoms with Crippen LogP contribution in [0.25, 0.3) is 6.08 Å². The van der Waals surface area contributed by atoms with E-state index in [4.69, 9.17) is 10.7 Å². The maximum Gasteiger partial charge on any atom is 0.254 e. The lowest BCUT2D eigenvalue weighted by atomic mass is 10.2. The zero-order chi connectivity index (χ0) is 9.90. The fourth-order valence-electron chi connectivity index (χ4n) is 0.734. The van der Waals surface area contributed by atoms with Crippen LogP contribution >= 0.6 is 10.7 Å². The van der Waals surface area contributed by atoms with Gasteiger partial charge < -0.3 is 0 Å². The summed E-state index contributed by atoms with van der Waals surface area (Å²) in [5.74, 6) is -0.370. The average molecular weight is 221 g/mol. The van der Waals surface area contributed by atoms with E-state index in [0.29, 0.717) is 5.56 Å². The van der Waals surface area contributed by atoms with E-state index < -0.39 is 9.05 Å². The monoisotopic (exact) mass is 220 g/mol. The van der Waals surface area contributed by atoms with Crippen molar-refractivity contribution in [3.63, 3.8) is 0 Å². The fraction of sp³-hybridized carbons (Fsp3) is 0. The summed E-state index contributed by atoms with van der Waals surface area (Å²) in [6.07, 6.45) is 1.29. The third kappa shape index (κ3) is 4.05. The summed E-state index contributed by atoms with van der Waals surface area (Å²) in [4.78, 5) is 0. The second kappa shape index (κ2) is 3.89. The van der Waals surface area contributed by atoms with Gasteiger partial charge in [0.25, 0.3) is 9.05 Å². The molecule has 5 heteroatoms. The number of rotatable bonds is 2. The minimum absolute atomic E-state index is 0.370. The first kappa shape index (κ1) is 10.2. The molecule has 0 heterocycles. The first-order valence-electron chi connectivity index (χ1n) is 3.36. The highest BCUT2D eigenvalue weighted by atomic mass is 35.7. The van der Waals surface area contributed by atoms with E-state index in [1.165, 1.54) is 30.3 Å². The molecule has 13 heavy (non-hydrogen) atoms. The van der Waals surface area contributed by atoms with E-state index >= 15 is 0 Å². The van der Waals surface area contributed by atoms with E-state index in [9.17, 15) is 12.8 Å². The van der Waals surface area contributed by atoms with Crippen molar-refractivity contribution < 1.29 is 12.8 Å². The van der Waals surface area contributed by atoms with Crippen LogP contribution < -0.4 is 0 Å². The Bertz CT molecular complexity index is 408. The van der Waals surface area contributed by atoms with Crippen LogP contribution in [0.2, 0.25) is 0 Å². The summed E-state index contributed by atoms with van der Waals surface area (Å²) in [6.45, 7) is 0. The number of hydrogen-bond acceptors (Lipinski definition) is 2. The lowest BCUT2D eigenvalue weighted by Gasteiger charge is -1.91. The van der Waals surface area contributed by atoms with E-state index in [1.807, 2.05) is 0 Å². The second-order valence-corrected chi connectivity index (χ2v) is 4.84. The molecule has 1 aromatic carbocycles. The Labute approximate surface area is 80.1 Å². The molecule has 70 valence electrons. The molecule has 0 aliphatic rings. The lowest BCUT2D eigenvalue weighted by molar-refractivity contribution is 0.617. The summed E-state index contributed by atoms with van der Waals surface area (Å²) in [5.41, 5.74) is 0.575. The SMILES string of the molecule is O=S(=O)(Cl)C=Cc1ccc(F)cc1. The maximum absolute atomic E-state index is 12.4. The third-order valence-corrected chi connectivity index (χ3v) is 2.06. The van der Waals surface area contributed by atoms with Crippen LogP contribution in [-0.4, -0.2) is 8.42 Å². The zero-order valence-corrected chi connectivity index (χ0v) is 8.02. The highest BCUT2D eigenvalue weighted by molar-refractivity contribution is 8.16. The van der Waals surface area contributed by atoms with Crippen LogP contribution in [0, 0.1) is 5.82 Å². The molecule has 0 radical (unpaired) electrons. The largest absolute Gasteiger partial charge is 0.254 e. The van der Waals surface area contributed by atoms with E-state index in [-0.39, 0.29) is 5.82 Å². The van der Waals surface area contributed by atoms with E-state index in [1.54, 1.807) is 0 Å². The molecule has 1 aromatic rings. The molecule has 0 atom stereocenters. The van der Waals surface area contributed by atoms with Gasteiger partial charge in [-0.2, -0.15) is 0 Å². The van der Waals surface area contributed by atoms with Gasteiger partial charge >= 0.3 is 0 Å². The molecule has 0 bridgehead atoms. The van der Waals surface area contributed by atoms with Crippen molar-refractivity contribution >= 4 is 25.8 Å². The molecular formula is C8H6ClFO2S. The molecule has 0 saturated carbocycles. The van der Waals surface area contributed by atoms with Crippen LogP contribution in [0.5, 0.6) is 0 Å². The summed E-state index contributed by atoms with van der Waals surface area (Å²) < 4.78 is 33.3. The highest BCUT2D eigenvalue weighted by Gasteiger charge is 1.96. The first-order chi connectivity index (χ1) is 5.97.